The van der Waals surface area contributed by atoms with Gasteiger partial charge in [-0.1, -0.05) is 0 Å². The molecule has 0 spiro atoms. The standard InChI is InChI=1S/C11H16N4O2/c1-14(2)9(16)7-15(3)11(17)10-8(12)5-4-6-13-10/h4-6H,7,12H2,1-3H3. The van der Waals surface area contributed by atoms with Crippen LogP contribution in [-0.2, 0) is 4.79 Å². The van der Waals surface area contributed by atoms with E-state index in [2.05, 4.69) is 4.98 Å². The van der Waals surface area contributed by atoms with Crippen LogP contribution >= 0.6 is 0 Å². The van der Waals surface area contributed by atoms with Crippen LogP contribution in [0.4, 0.5) is 5.69 Å². The Labute approximate surface area is 100 Å². The highest BCUT2D eigenvalue weighted by Crippen LogP contribution is 2.09. The number of aromatic nitrogens is 1. The molecule has 0 unspecified atom stereocenters. The lowest BCUT2D eigenvalue weighted by atomic mass is 10.2. The van der Waals surface area contributed by atoms with Crippen molar-refractivity contribution in [1.29, 1.82) is 0 Å². The molecule has 0 aliphatic heterocycles. The summed E-state index contributed by atoms with van der Waals surface area (Å²) in [5, 5.41) is 0. The van der Waals surface area contributed by atoms with Crippen molar-refractivity contribution in [2.45, 2.75) is 0 Å². The molecule has 0 radical (unpaired) electrons. The lowest BCUT2D eigenvalue weighted by molar-refractivity contribution is -0.129. The maximum atomic E-state index is 11.9. The molecule has 17 heavy (non-hydrogen) atoms. The molecule has 1 heterocycles. The minimum absolute atomic E-state index is 0.00183. The van der Waals surface area contributed by atoms with Gasteiger partial charge in [0.25, 0.3) is 5.91 Å². The first-order valence-corrected chi connectivity index (χ1v) is 5.09. The molecule has 0 bridgehead atoms. The number of hydrogen-bond donors (Lipinski definition) is 1. The van der Waals surface area contributed by atoms with Gasteiger partial charge in [-0.25, -0.2) is 4.98 Å². The van der Waals surface area contributed by atoms with E-state index in [-0.39, 0.29) is 24.1 Å². The Balaban J connectivity index is 2.77. The summed E-state index contributed by atoms with van der Waals surface area (Å²) in [6, 6.07) is 3.25. The molecule has 0 aromatic carbocycles. The van der Waals surface area contributed by atoms with Crippen molar-refractivity contribution in [2.75, 3.05) is 33.4 Å². The Bertz CT molecular complexity index is 431. The number of pyridine rings is 1. The number of carbonyl (C=O) groups excluding carboxylic acids is 2. The number of nitrogens with two attached hydrogens (primary N) is 1. The van der Waals surface area contributed by atoms with Gasteiger partial charge in [-0.3, -0.25) is 9.59 Å². The summed E-state index contributed by atoms with van der Waals surface area (Å²) >= 11 is 0. The largest absolute Gasteiger partial charge is 0.397 e. The first-order chi connectivity index (χ1) is 7.93. The first-order valence-electron chi connectivity index (χ1n) is 5.09. The Hall–Kier alpha value is -2.11. The molecule has 0 saturated heterocycles. The second kappa shape index (κ2) is 5.29. The van der Waals surface area contributed by atoms with Crippen molar-refractivity contribution in [3.05, 3.63) is 24.0 Å². The fourth-order valence-electron chi connectivity index (χ4n) is 1.19. The minimum Gasteiger partial charge on any atom is -0.397 e. The van der Waals surface area contributed by atoms with Gasteiger partial charge in [-0.15, -0.1) is 0 Å². The van der Waals surface area contributed by atoms with Crippen molar-refractivity contribution in [3.8, 4) is 0 Å². The SMILES string of the molecule is CN(C)C(=O)CN(C)C(=O)c1ncccc1N. The lowest BCUT2D eigenvalue weighted by Gasteiger charge is -2.19. The van der Waals surface area contributed by atoms with Crippen LogP contribution in [0.25, 0.3) is 0 Å². The third kappa shape index (κ3) is 3.17. The second-order valence-corrected chi connectivity index (χ2v) is 3.89. The minimum atomic E-state index is -0.363. The Morgan fingerprint density at radius 1 is 1.35 bits per heavy atom. The van der Waals surface area contributed by atoms with E-state index in [1.165, 1.54) is 23.0 Å². The van der Waals surface area contributed by atoms with Crippen molar-refractivity contribution in [1.82, 2.24) is 14.8 Å². The number of likely N-dealkylation sites (N-methyl/N-ethyl adjacent to an activating group) is 2. The van der Waals surface area contributed by atoms with E-state index in [1.807, 2.05) is 0 Å². The molecule has 6 nitrogen and oxygen atoms in total. The molecule has 2 amide bonds. The molecule has 6 heteroatoms. The van der Waals surface area contributed by atoms with Gasteiger partial charge in [0.1, 0.15) is 0 Å². The maximum Gasteiger partial charge on any atom is 0.274 e. The van der Waals surface area contributed by atoms with Gasteiger partial charge >= 0.3 is 0 Å². The highest BCUT2D eigenvalue weighted by Gasteiger charge is 2.18. The van der Waals surface area contributed by atoms with Gasteiger partial charge in [0, 0.05) is 27.3 Å². The van der Waals surface area contributed by atoms with E-state index in [0.29, 0.717) is 5.69 Å². The first kappa shape index (κ1) is 13.0. The van der Waals surface area contributed by atoms with Crippen molar-refractivity contribution >= 4 is 17.5 Å². The van der Waals surface area contributed by atoms with Crippen LogP contribution in [0.2, 0.25) is 0 Å². The summed E-state index contributed by atoms with van der Waals surface area (Å²) in [7, 11) is 4.81. The van der Waals surface area contributed by atoms with Crippen molar-refractivity contribution in [3.63, 3.8) is 0 Å². The van der Waals surface area contributed by atoms with Gasteiger partial charge in [-0.2, -0.15) is 0 Å². The monoisotopic (exact) mass is 236 g/mol. The van der Waals surface area contributed by atoms with Gasteiger partial charge in [0.2, 0.25) is 5.91 Å². The van der Waals surface area contributed by atoms with Gasteiger partial charge < -0.3 is 15.5 Å². The fourth-order valence-corrected chi connectivity index (χ4v) is 1.19. The summed E-state index contributed by atoms with van der Waals surface area (Å²) in [6.07, 6.45) is 1.49. The average Bonchev–Trinajstić information content (AvgIpc) is 2.28. The maximum absolute atomic E-state index is 11.9. The molecular weight excluding hydrogens is 220 g/mol. The van der Waals surface area contributed by atoms with Crippen molar-refractivity contribution < 1.29 is 9.59 Å². The number of nitrogen functional groups attached to an aromatic ring is 1. The Morgan fingerprint density at radius 3 is 2.53 bits per heavy atom. The van der Waals surface area contributed by atoms with E-state index < -0.39 is 0 Å². The molecule has 0 aliphatic carbocycles. The fraction of sp³-hybridized carbons (Fsp3) is 0.364. The van der Waals surface area contributed by atoms with E-state index in [1.54, 1.807) is 26.2 Å². The molecule has 0 fully saturated rings. The van der Waals surface area contributed by atoms with Crippen LogP contribution < -0.4 is 5.73 Å². The third-order valence-corrected chi connectivity index (χ3v) is 2.26. The van der Waals surface area contributed by atoms with Crippen LogP contribution in [0.1, 0.15) is 10.5 Å². The number of amides is 2. The average molecular weight is 236 g/mol. The normalized spacial score (nSPS) is 9.82. The Kier molecular flexibility index (Phi) is 4.03. The van der Waals surface area contributed by atoms with Crippen LogP contribution in [0, 0.1) is 0 Å². The lowest BCUT2D eigenvalue weighted by Crippen LogP contribution is -2.38. The predicted octanol–water partition coefficient (Wildman–Crippen LogP) is -0.176. The number of carbonyl (C=O) groups is 2. The zero-order valence-electron chi connectivity index (χ0n) is 10.2. The molecule has 1 rings (SSSR count). The van der Waals surface area contributed by atoms with Crippen LogP contribution in [0.15, 0.2) is 18.3 Å². The van der Waals surface area contributed by atoms with Gasteiger partial charge in [0.05, 0.1) is 12.2 Å². The molecule has 92 valence electrons. The number of rotatable bonds is 3. The summed E-state index contributed by atoms with van der Waals surface area (Å²) < 4.78 is 0. The summed E-state index contributed by atoms with van der Waals surface area (Å²) in [5.74, 6) is -0.520. The molecule has 0 aliphatic rings. The zero-order chi connectivity index (χ0) is 13.0. The third-order valence-electron chi connectivity index (χ3n) is 2.26. The number of anilines is 1. The number of hydrogen-bond acceptors (Lipinski definition) is 4. The van der Waals surface area contributed by atoms with Crippen LogP contribution in [-0.4, -0.2) is 54.3 Å². The molecule has 1 aromatic heterocycles. The van der Waals surface area contributed by atoms with Crippen LogP contribution in [0.3, 0.4) is 0 Å². The zero-order valence-corrected chi connectivity index (χ0v) is 10.2. The second-order valence-electron chi connectivity index (χ2n) is 3.89. The topological polar surface area (TPSA) is 79.5 Å². The Morgan fingerprint density at radius 2 is 2.00 bits per heavy atom. The van der Waals surface area contributed by atoms with Crippen LogP contribution in [0.5, 0.6) is 0 Å². The molecule has 2 N–H and O–H groups in total. The smallest absolute Gasteiger partial charge is 0.274 e. The predicted molar refractivity (Wildman–Crippen MR) is 64.3 cm³/mol. The number of nitrogens with zero attached hydrogens (tertiary/aromatic N) is 3. The molecule has 0 atom stereocenters. The highest BCUT2D eigenvalue weighted by molar-refractivity contribution is 5.98. The van der Waals surface area contributed by atoms with E-state index in [0.717, 1.165) is 0 Å². The summed E-state index contributed by atoms with van der Waals surface area (Å²) in [6.45, 7) is 0.00183. The molecule has 0 saturated carbocycles. The summed E-state index contributed by atoms with van der Waals surface area (Å²) in [5.41, 5.74) is 6.12. The van der Waals surface area contributed by atoms with E-state index >= 15 is 0 Å². The van der Waals surface area contributed by atoms with E-state index in [4.69, 9.17) is 5.73 Å². The van der Waals surface area contributed by atoms with Crippen molar-refractivity contribution in [2.24, 2.45) is 0 Å². The molecule has 1 aromatic rings. The van der Waals surface area contributed by atoms with Gasteiger partial charge in [-0.05, 0) is 12.1 Å². The highest BCUT2D eigenvalue weighted by atomic mass is 16.2. The van der Waals surface area contributed by atoms with E-state index in [9.17, 15) is 9.59 Å². The quantitative estimate of drug-likeness (QED) is 0.789. The van der Waals surface area contributed by atoms with Gasteiger partial charge in [0.15, 0.2) is 5.69 Å². The summed E-state index contributed by atoms with van der Waals surface area (Å²) in [4.78, 5) is 30.0. The molecular formula is C11H16N4O2.